The van der Waals surface area contributed by atoms with Gasteiger partial charge in [0.25, 0.3) is 0 Å². The molecule has 2 saturated carbocycles. The van der Waals surface area contributed by atoms with Crippen molar-refractivity contribution in [3.63, 3.8) is 0 Å². The molecule has 3 heteroatoms. The maximum atomic E-state index is 6.00. The normalized spacial score (nSPS) is 29.7. The Morgan fingerprint density at radius 2 is 1.95 bits per heavy atom. The van der Waals surface area contributed by atoms with Crippen molar-refractivity contribution in [2.75, 3.05) is 33.3 Å². The van der Waals surface area contributed by atoms with E-state index in [0.717, 1.165) is 26.2 Å². The highest BCUT2D eigenvalue weighted by Gasteiger charge is 2.55. The first-order valence-electron chi connectivity index (χ1n) is 8.26. The van der Waals surface area contributed by atoms with Gasteiger partial charge >= 0.3 is 0 Å². The summed E-state index contributed by atoms with van der Waals surface area (Å²) in [6.07, 6.45) is 8.72. The molecule has 0 aliphatic heterocycles. The van der Waals surface area contributed by atoms with Crippen molar-refractivity contribution < 1.29 is 4.74 Å². The van der Waals surface area contributed by atoms with E-state index >= 15 is 0 Å². The summed E-state index contributed by atoms with van der Waals surface area (Å²) in [5, 5.41) is 3.81. The largest absolute Gasteiger partial charge is 0.378 e. The van der Waals surface area contributed by atoms with Gasteiger partial charge in [-0.3, -0.25) is 0 Å². The second-order valence-corrected chi connectivity index (χ2v) is 6.38. The lowest BCUT2D eigenvalue weighted by molar-refractivity contribution is -0.149. The van der Waals surface area contributed by atoms with E-state index in [4.69, 9.17) is 4.74 Å². The smallest absolute Gasteiger partial charge is 0.0661 e. The van der Waals surface area contributed by atoms with Gasteiger partial charge in [0.15, 0.2) is 0 Å². The molecule has 2 rings (SSSR count). The third-order valence-electron chi connectivity index (χ3n) is 5.36. The van der Waals surface area contributed by atoms with E-state index in [9.17, 15) is 0 Å². The number of hydrogen-bond acceptors (Lipinski definition) is 3. The van der Waals surface area contributed by atoms with Crippen LogP contribution in [-0.4, -0.2) is 50.3 Å². The second kappa shape index (κ2) is 7.05. The predicted molar refractivity (Wildman–Crippen MR) is 80.5 cm³/mol. The van der Waals surface area contributed by atoms with Gasteiger partial charge in [-0.1, -0.05) is 26.2 Å². The van der Waals surface area contributed by atoms with Crippen LogP contribution in [0.5, 0.6) is 0 Å². The van der Waals surface area contributed by atoms with Crippen LogP contribution in [0.25, 0.3) is 0 Å². The average Bonchev–Trinajstić information content (AvgIpc) is 2.46. The molecule has 2 unspecified atom stereocenters. The molecule has 3 nitrogen and oxygen atoms in total. The van der Waals surface area contributed by atoms with E-state index < -0.39 is 0 Å². The monoisotopic (exact) mass is 268 g/mol. The van der Waals surface area contributed by atoms with Crippen LogP contribution < -0.4 is 5.32 Å². The minimum Gasteiger partial charge on any atom is -0.378 e. The van der Waals surface area contributed by atoms with E-state index in [2.05, 4.69) is 31.1 Å². The molecule has 0 saturated heterocycles. The van der Waals surface area contributed by atoms with Crippen molar-refractivity contribution in [1.29, 1.82) is 0 Å². The first-order valence-corrected chi connectivity index (χ1v) is 8.26. The Kier molecular flexibility index (Phi) is 5.67. The summed E-state index contributed by atoms with van der Waals surface area (Å²) in [5.41, 5.74) is 0.471. The maximum Gasteiger partial charge on any atom is 0.0661 e. The van der Waals surface area contributed by atoms with E-state index in [1.54, 1.807) is 0 Å². The van der Waals surface area contributed by atoms with Crippen LogP contribution in [0.1, 0.15) is 52.4 Å². The maximum absolute atomic E-state index is 6.00. The van der Waals surface area contributed by atoms with Gasteiger partial charge < -0.3 is 15.0 Å². The van der Waals surface area contributed by atoms with Crippen molar-refractivity contribution >= 4 is 0 Å². The number of nitrogens with one attached hydrogen (secondary N) is 1. The van der Waals surface area contributed by atoms with Crippen LogP contribution in [0.3, 0.4) is 0 Å². The molecule has 0 amide bonds. The van der Waals surface area contributed by atoms with Gasteiger partial charge in [0.05, 0.1) is 6.10 Å². The summed E-state index contributed by atoms with van der Waals surface area (Å²) in [6.45, 7) is 8.64. The molecule has 0 aromatic carbocycles. The average molecular weight is 268 g/mol. The molecule has 112 valence electrons. The van der Waals surface area contributed by atoms with E-state index in [0.29, 0.717) is 17.6 Å². The summed E-state index contributed by atoms with van der Waals surface area (Å²) in [4.78, 5) is 2.37. The van der Waals surface area contributed by atoms with Crippen molar-refractivity contribution in [3.05, 3.63) is 0 Å². The molecule has 2 aliphatic rings. The second-order valence-electron chi connectivity index (χ2n) is 6.38. The first kappa shape index (κ1) is 15.3. The van der Waals surface area contributed by atoms with Gasteiger partial charge in [0.1, 0.15) is 0 Å². The Hall–Kier alpha value is -0.120. The van der Waals surface area contributed by atoms with Gasteiger partial charge in [-0.15, -0.1) is 0 Å². The number of ether oxygens (including phenoxy) is 1. The van der Waals surface area contributed by atoms with Gasteiger partial charge in [-0.05, 0) is 39.8 Å². The van der Waals surface area contributed by atoms with Crippen LogP contribution in [0.4, 0.5) is 0 Å². The topological polar surface area (TPSA) is 24.5 Å². The Morgan fingerprint density at radius 1 is 1.21 bits per heavy atom. The van der Waals surface area contributed by atoms with Crippen LogP contribution >= 0.6 is 0 Å². The van der Waals surface area contributed by atoms with Gasteiger partial charge in [0, 0.05) is 31.2 Å². The standard InChI is InChI=1S/C16H32N2O/c1-4-18(3)12-11-17-14-13-15(19-5-2)16(14)9-7-6-8-10-16/h14-15,17H,4-13H2,1-3H3. The molecule has 0 bridgehead atoms. The van der Waals surface area contributed by atoms with Crippen molar-refractivity contribution in [1.82, 2.24) is 10.2 Å². The fourth-order valence-electron chi connectivity index (χ4n) is 3.94. The van der Waals surface area contributed by atoms with Crippen molar-refractivity contribution in [2.24, 2.45) is 5.41 Å². The molecule has 1 spiro atoms. The molecular formula is C16H32N2O. The van der Waals surface area contributed by atoms with Crippen LogP contribution in [-0.2, 0) is 4.74 Å². The molecule has 1 N–H and O–H groups in total. The molecular weight excluding hydrogens is 236 g/mol. The van der Waals surface area contributed by atoms with Gasteiger partial charge in [-0.25, -0.2) is 0 Å². The molecule has 0 radical (unpaired) electrons. The highest BCUT2D eigenvalue weighted by molar-refractivity contribution is 5.08. The van der Waals surface area contributed by atoms with Gasteiger partial charge in [0.2, 0.25) is 0 Å². The fraction of sp³-hybridized carbons (Fsp3) is 1.00. The minimum absolute atomic E-state index is 0.471. The quantitative estimate of drug-likeness (QED) is 0.768. The first-order chi connectivity index (χ1) is 9.23. The Balaban J connectivity index is 1.83. The van der Waals surface area contributed by atoms with Crippen molar-refractivity contribution in [3.8, 4) is 0 Å². The molecule has 2 aliphatic carbocycles. The zero-order valence-corrected chi connectivity index (χ0v) is 13.1. The Bertz CT molecular complexity index is 263. The summed E-state index contributed by atoms with van der Waals surface area (Å²) < 4.78 is 6.00. The van der Waals surface area contributed by atoms with E-state index in [1.807, 2.05) is 0 Å². The molecule has 2 atom stereocenters. The number of hydrogen-bond donors (Lipinski definition) is 1. The highest BCUT2D eigenvalue weighted by Crippen LogP contribution is 2.53. The summed E-state index contributed by atoms with van der Waals surface area (Å²) >= 11 is 0. The zero-order chi connectivity index (χ0) is 13.7. The number of rotatable bonds is 7. The van der Waals surface area contributed by atoms with Crippen LogP contribution in [0, 0.1) is 5.41 Å². The molecule has 19 heavy (non-hydrogen) atoms. The lowest BCUT2D eigenvalue weighted by Crippen LogP contribution is -2.65. The third-order valence-corrected chi connectivity index (χ3v) is 5.36. The molecule has 0 aromatic rings. The minimum atomic E-state index is 0.471. The van der Waals surface area contributed by atoms with E-state index in [1.165, 1.54) is 38.5 Å². The third kappa shape index (κ3) is 3.32. The fourth-order valence-corrected chi connectivity index (χ4v) is 3.94. The number of nitrogens with zero attached hydrogens (tertiary/aromatic N) is 1. The summed E-state index contributed by atoms with van der Waals surface area (Å²) in [6, 6.07) is 0.703. The molecule has 0 aromatic heterocycles. The zero-order valence-electron chi connectivity index (χ0n) is 13.1. The lowest BCUT2D eigenvalue weighted by Gasteiger charge is -2.58. The lowest BCUT2D eigenvalue weighted by atomic mass is 9.55. The molecule has 2 fully saturated rings. The van der Waals surface area contributed by atoms with E-state index in [-0.39, 0.29) is 0 Å². The Morgan fingerprint density at radius 3 is 2.58 bits per heavy atom. The van der Waals surface area contributed by atoms with Crippen LogP contribution in [0.2, 0.25) is 0 Å². The van der Waals surface area contributed by atoms with Crippen molar-refractivity contribution in [2.45, 2.75) is 64.5 Å². The Labute approximate surface area is 119 Å². The molecule has 0 heterocycles. The predicted octanol–water partition coefficient (Wildman–Crippen LogP) is 2.66. The van der Waals surface area contributed by atoms with Gasteiger partial charge in [-0.2, -0.15) is 0 Å². The van der Waals surface area contributed by atoms with Crippen LogP contribution in [0.15, 0.2) is 0 Å². The highest BCUT2D eigenvalue weighted by atomic mass is 16.5. The number of likely N-dealkylation sites (N-methyl/N-ethyl adjacent to an activating group) is 1. The SMILES string of the molecule is CCOC1CC(NCCN(C)CC)C12CCCCC2. The summed E-state index contributed by atoms with van der Waals surface area (Å²) in [7, 11) is 2.20. The summed E-state index contributed by atoms with van der Waals surface area (Å²) in [5.74, 6) is 0.